The minimum atomic E-state index is -4.18. The van der Waals surface area contributed by atoms with E-state index in [1.54, 1.807) is 62.4 Å². The SMILES string of the molecule is CCNC(=O)C(CC)N(Cc1ccc(Cl)c(Cl)c1)C(=O)CN(c1cccc(Cl)c1)S(=O)(=O)c1ccc(C)cc1. The maximum absolute atomic E-state index is 14.0. The van der Waals surface area contributed by atoms with E-state index in [-0.39, 0.29) is 23.0 Å². The summed E-state index contributed by atoms with van der Waals surface area (Å²) in [5.74, 6) is -0.918. The lowest BCUT2D eigenvalue weighted by molar-refractivity contribution is -0.140. The van der Waals surface area contributed by atoms with Gasteiger partial charge in [-0.05, 0) is 68.3 Å². The molecular formula is C28H30Cl3N3O4S. The summed E-state index contributed by atoms with van der Waals surface area (Å²) in [6, 6.07) is 16.7. The summed E-state index contributed by atoms with van der Waals surface area (Å²) in [6.45, 7) is 5.24. The van der Waals surface area contributed by atoms with E-state index >= 15 is 0 Å². The van der Waals surface area contributed by atoms with Gasteiger partial charge in [0.25, 0.3) is 10.0 Å². The molecule has 3 rings (SSSR count). The quantitative estimate of drug-likeness (QED) is 0.285. The van der Waals surface area contributed by atoms with Crippen molar-refractivity contribution in [2.45, 2.75) is 44.7 Å². The maximum atomic E-state index is 14.0. The molecule has 0 aliphatic heterocycles. The lowest BCUT2D eigenvalue weighted by Gasteiger charge is -2.33. The molecule has 39 heavy (non-hydrogen) atoms. The second kappa shape index (κ2) is 13.5. The Bertz CT molecular complexity index is 1430. The lowest BCUT2D eigenvalue weighted by Crippen LogP contribution is -2.52. The summed E-state index contributed by atoms with van der Waals surface area (Å²) in [5, 5.41) is 3.73. The van der Waals surface area contributed by atoms with Crippen molar-refractivity contribution in [1.82, 2.24) is 10.2 Å². The zero-order valence-electron chi connectivity index (χ0n) is 21.8. The van der Waals surface area contributed by atoms with Crippen molar-refractivity contribution in [3.63, 3.8) is 0 Å². The van der Waals surface area contributed by atoms with Crippen LogP contribution in [0.25, 0.3) is 0 Å². The molecule has 0 spiro atoms. The van der Waals surface area contributed by atoms with Gasteiger partial charge in [0.1, 0.15) is 12.6 Å². The Morgan fingerprint density at radius 3 is 2.21 bits per heavy atom. The Hall–Kier alpha value is -2.78. The van der Waals surface area contributed by atoms with Crippen LogP contribution in [0.1, 0.15) is 31.4 Å². The van der Waals surface area contributed by atoms with E-state index < -0.39 is 28.5 Å². The first-order chi connectivity index (χ1) is 18.5. The molecule has 0 aliphatic carbocycles. The van der Waals surface area contributed by atoms with Gasteiger partial charge < -0.3 is 10.2 Å². The normalized spacial score (nSPS) is 12.1. The van der Waals surface area contributed by atoms with Crippen molar-refractivity contribution < 1.29 is 18.0 Å². The second-order valence-corrected chi connectivity index (χ2v) is 12.0. The third-order valence-electron chi connectivity index (χ3n) is 6.06. The van der Waals surface area contributed by atoms with Gasteiger partial charge in [-0.15, -0.1) is 0 Å². The number of hydrogen-bond donors (Lipinski definition) is 1. The Labute approximate surface area is 244 Å². The van der Waals surface area contributed by atoms with Crippen molar-refractivity contribution in [2.24, 2.45) is 0 Å². The number of rotatable bonds is 11. The van der Waals surface area contributed by atoms with Crippen LogP contribution in [0.4, 0.5) is 5.69 Å². The molecule has 0 radical (unpaired) electrons. The largest absolute Gasteiger partial charge is 0.355 e. The second-order valence-electron chi connectivity index (χ2n) is 8.89. The van der Waals surface area contributed by atoms with Gasteiger partial charge in [-0.1, -0.05) is 71.6 Å². The van der Waals surface area contributed by atoms with Gasteiger partial charge in [0.05, 0.1) is 20.6 Å². The van der Waals surface area contributed by atoms with Crippen LogP contribution in [0.15, 0.2) is 71.6 Å². The number of sulfonamides is 1. The highest BCUT2D eigenvalue weighted by molar-refractivity contribution is 7.92. The van der Waals surface area contributed by atoms with Crippen LogP contribution in [-0.4, -0.2) is 44.3 Å². The van der Waals surface area contributed by atoms with E-state index in [9.17, 15) is 18.0 Å². The number of nitrogens with one attached hydrogen (secondary N) is 1. The van der Waals surface area contributed by atoms with Crippen LogP contribution >= 0.6 is 34.8 Å². The van der Waals surface area contributed by atoms with Crippen molar-refractivity contribution in [3.05, 3.63) is 92.9 Å². The number of carbonyl (C=O) groups is 2. The molecule has 3 aromatic rings. The molecule has 1 unspecified atom stereocenters. The third kappa shape index (κ3) is 7.66. The van der Waals surface area contributed by atoms with Gasteiger partial charge in [0, 0.05) is 18.1 Å². The third-order valence-corrected chi connectivity index (χ3v) is 8.82. The highest BCUT2D eigenvalue weighted by Crippen LogP contribution is 2.28. The zero-order valence-corrected chi connectivity index (χ0v) is 24.9. The summed E-state index contributed by atoms with van der Waals surface area (Å²) in [4.78, 5) is 28.3. The molecule has 0 aromatic heterocycles. The van der Waals surface area contributed by atoms with Gasteiger partial charge in [-0.25, -0.2) is 8.42 Å². The Kier molecular flexibility index (Phi) is 10.7. The van der Waals surface area contributed by atoms with Crippen LogP contribution in [0.2, 0.25) is 15.1 Å². The molecular weight excluding hydrogens is 581 g/mol. The Balaban J connectivity index is 2.07. The first kappa shape index (κ1) is 30.8. The molecule has 3 aromatic carbocycles. The number of halogens is 3. The number of aryl methyl sites for hydroxylation is 1. The molecule has 0 saturated carbocycles. The van der Waals surface area contributed by atoms with Crippen molar-refractivity contribution in [2.75, 3.05) is 17.4 Å². The Morgan fingerprint density at radius 1 is 0.923 bits per heavy atom. The molecule has 7 nitrogen and oxygen atoms in total. The standard InChI is InChI=1S/C28H30Cl3N3O4S/c1-4-26(28(36)32-5-2)33(17-20-11-14-24(30)25(31)15-20)27(35)18-34(22-8-6-7-21(29)16-22)39(37,38)23-12-9-19(3)10-13-23/h6-16,26H,4-5,17-18H2,1-3H3,(H,32,36). The van der Waals surface area contributed by atoms with Crippen LogP contribution in [0.3, 0.4) is 0 Å². The predicted molar refractivity (Wildman–Crippen MR) is 157 cm³/mol. The highest BCUT2D eigenvalue weighted by atomic mass is 35.5. The molecule has 1 N–H and O–H groups in total. The van der Waals surface area contributed by atoms with Gasteiger partial charge >= 0.3 is 0 Å². The number of benzene rings is 3. The van der Waals surface area contributed by atoms with E-state index in [2.05, 4.69) is 5.32 Å². The maximum Gasteiger partial charge on any atom is 0.264 e. The van der Waals surface area contributed by atoms with E-state index in [1.807, 2.05) is 6.92 Å². The van der Waals surface area contributed by atoms with Gasteiger partial charge in [-0.3, -0.25) is 13.9 Å². The van der Waals surface area contributed by atoms with E-state index in [0.29, 0.717) is 33.6 Å². The van der Waals surface area contributed by atoms with Crippen LogP contribution in [0, 0.1) is 6.92 Å². The molecule has 0 heterocycles. The first-order valence-electron chi connectivity index (χ1n) is 12.3. The average molecular weight is 611 g/mol. The lowest BCUT2D eigenvalue weighted by atomic mass is 10.1. The van der Waals surface area contributed by atoms with Crippen molar-refractivity contribution >= 4 is 62.3 Å². The molecule has 1 atom stereocenters. The molecule has 0 saturated heterocycles. The molecule has 0 aliphatic rings. The molecule has 11 heteroatoms. The fourth-order valence-corrected chi connectivity index (χ4v) is 5.95. The topological polar surface area (TPSA) is 86.8 Å². The number of nitrogens with zero attached hydrogens (tertiary/aromatic N) is 2. The molecule has 0 fully saturated rings. The Morgan fingerprint density at radius 2 is 1.62 bits per heavy atom. The van der Waals surface area contributed by atoms with E-state index in [4.69, 9.17) is 34.8 Å². The minimum absolute atomic E-state index is 0.0132. The van der Waals surface area contributed by atoms with E-state index in [1.165, 1.54) is 23.1 Å². The molecule has 208 valence electrons. The van der Waals surface area contributed by atoms with Gasteiger partial charge in [0.2, 0.25) is 11.8 Å². The number of likely N-dealkylation sites (N-methyl/N-ethyl adjacent to an activating group) is 1. The summed E-state index contributed by atoms with van der Waals surface area (Å²) in [6.07, 6.45) is 0.306. The fraction of sp³-hybridized carbons (Fsp3) is 0.286. The monoisotopic (exact) mass is 609 g/mol. The summed E-state index contributed by atoms with van der Waals surface area (Å²) in [7, 11) is -4.18. The van der Waals surface area contributed by atoms with Crippen molar-refractivity contribution in [3.8, 4) is 0 Å². The van der Waals surface area contributed by atoms with Gasteiger partial charge in [-0.2, -0.15) is 0 Å². The number of amides is 2. The predicted octanol–water partition coefficient (Wildman–Crippen LogP) is 6.09. The smallest absolute Gasteiger partial charge is 0.264 e. The van der Waals surface area contributed by atoms with Crippen LogP contribution < -0.4 is 9.62 Å². The first-order valence-corrected chi connectivity index (χ1v) is 14.9. The summed E-state index contributed by atoms with van der Waals surface area (Å²) < 4.78 is 28.7. The highest BCUT2D eigenvalue weighted by Gasteiger charge is 2.33. The molecule has 0 bridgehead atoms. The number of carbonyl (C=O) groups excluding carboxylic acids is 2. The zero-order chi connectivity index (χ0) is 28.7. The van der Waals surface area contributed by atoms with Crippen LogP contribution in [0.5, 0.6) is 0 Å². The number of hydrogen-bond acceptors (Lipinski definition) is 4. The van der Waals surface area contributed by atoms with Gasteiger partial charge in [0.15, 0.2) is 0 Å². The fourth-order valence-electron chi connectivity index (χ4n) is 4.04. The van der Waals surface area contributed by atoms with Crippen LogP contribution in [-0.2, 0) is 26.2 Å². The summed E-state index contributed by atoms with van der Waals surface area (Å²) >= 11 is 18.5. The molecule has 2 amide bonds. The minimum Gasteiger partial charge on any atom is -0.355 e. The van der Waals surface area contributed by atoms with E-state index in [0.717, 1.165) is 9.87 Å². The number of anilines is 1. The average Bonchev–Trinajstić information content (AvgIpc) is 2.89. The summed E-state index contributed by atoms with van der Waals surface area (Å²) in [5.41, 5.74) is 1.74. The van der Waals surface area contributed by atoms with Crippen molar-refractivity contribution in [1.29, 1.82) is 0 Å².